The molecule has 1 aromatic carbocycles. The molecule has 1 unspecified atom stereocenters. The van der Waals surface area contributed by atoms with Crippen LogP contribution in [0.2, 0.25) is 5.02 Å². The highest BCUT2D eigenvalue weighted by Crippen LogP contribution is 2.19. The summed E-state index contributed by atoms with van der Waals surface area (Å²) in [4.78, 5) is 14.2. The van der Waals surface area contributed by atoms with Crippen LogP contribution in [-0.2, 0) is 11.2 Å². The van der Waals surface area contributed by atoms with E-state index in [9.17, 15) is 0 Å². The van der Waals surface area contributed by atoms with E-state index < -0.39 is 0 Å². The van der Waals surface area contributed by atoms with Crippen LogP contribution >= 0.6 is 11.6 Å². The molecule has 162 valence electrons. The molecule has 30 heavy (non-hydrogen) atoms. The summed E-state index contributed by atoms with van der Waals surface area (Å²) in [5, 5.41) is 8.18. The first-order chi connectivity index (χ1) is 14.7. The number of benzene rings is 1. The molecule has 2 aliphatic rings. The summed E-state index contributed by atoms with van der Waals surface area (Å²) in [6.07, 6.45) is 1.77. The van der Waals surface area contributed by atoms with Crippen LogP contribution in [0.1, 0.15) is 19.2 Å². The summed E-state index contributed by atoms with van der Waals surface area (Å²) in [6, 6.07) is 7.99. The number of likely N-dealkylation sites (tertiary alicyclic amines) is 1. The summed E-state index contributed by atoms with van der Waals surface area (Å²) in [5.41, 5.74) is 0.887. The van der Waals surface area contributed by atoms with Gasteiger partial charge in [-0.05, 0) is 37.6 Å². The Bertz CT molecular complexity index is 834. The lowest BCUT2D eigenvalue weighted by Crippen LogP contribution is -2.46. The van der Waals surface area contributed by atoms with Crippen LogP contribution in [0.4, 0.5) is 0 Å². The highest BCUT2D eigenvalue weighted by molar-refractivity contribution is 6.30. The monoisotopic (exact) mass is 432 g/mol. The minimum absolute atomic E-state index is 0.574. The minimum Gasteiger partial charge on any atom is -0.379 e. The lowest BCUT2D eigenvalue weighted by Gasteiger charge is -2.32. The maximum absolute atomic E-state index is 5.94. The number of nitrogens with zero attached hydrogens (tertiary/aromatic N) is 5. The van der Waals surface area contributed by atoms with Gasteiger partial charge >= 0.3 is 0 Å². The average Bonchev–Trinajstić information content (AvgIpc) is 3.45. The summed E-state index contributed by atoms with van der Waals surface area (Å²) in [6.45, 7) is 9.31. The summed E-state index contributed by atoms with van der Waals surface area (Å²) in [7, 11) is 0. The molecule has 2 aromatic rings. The van der Waals surface area contributed by atoms with E-state index in [2.05, 4.69) is 32.2 Å². The van der Waals surface area contributed by atoms with E-state index in [0.717, 1.165) is 57.5 Å². The molecule has 4 rings (SSSR count). The lowest BCUT2D eigenvalue weighted by molar-refractivity contribution is 0.0195. The van der Waals surface area contributed by atoms with Gasteiger partial charge in [0.1, 0.15) is 0 Å². The number of hydrogen-bond donors (Lipinski definition) is 1. The highest BCUT2D eigenvalue weighted by atomic mass is 35.5. The molecule has 1 N–H and O–H groups in total. The Labute approximate surface area is 182 Å². The van der Waals surface area contributed by atoms with E-state index in [1.807, 2.05) is 24.3 Å². The van der Waals surface area contributed by atoms with E-state index in [4.69, 9.17) is 25.9 Å². The third kappa shape index (κ3) is 5.30. The van der Waals surface area contributed by atoms with E-state index in [1.54, 1.807) is 0 Å². The first-order valence-corrected chi connectivity index (χ1v) is 11.0. The number of morpholine rings is 1. The van der Waals surface area contributed by atoms with Crippen molar-refractivity contribution in [2.45, 2.75) is 25.8 Å². The third-order valence-corrected chi connectivity index (χ3v) is 5.77. The van der Waals surface area contributed by atoms with Crippen molar-refractivity contribution < 1.29 is 9.26 Å². The molecular formula is C21H29ClN6O2. The fourth-order valence-corrected chi connectivity index (χ4v) is 4.06. The first kappa shape index (κ1) is 21.1. The van der Waals surface area contributed by atoms with Crippen LogP contribution in [0.25, 0.3) is 11.4 Å². The Hall–Kier alpha value is -2.16. The molecular weight excluding hydrogens is 404 g/mol. The molecule has 1 atom stereocenters. The second kappa shape index (κ2) is 10.2. The second-order valence-corrected chi connectivity index (χ2v) is 7.98. The van der Waals surface area contributed by atoms with Gasteiger partial charge in [0.05, 0.1) is 19.8 Å². The zero-order chi connectivity index (χ0) is 20.8. The van der Waals surface area contributed by atoms with Crippen molar-refractivity contribution in [3.05, 3.63) is 35.2 Å². The second-order valence-electron chi connectivity index (χ2n) is 7.54. The average molecular weight is 433 g/mol. The highest BCUT2D eigenvalue weighted by Gasteiger charge is 2.30. The number of halogens is 1. The van der Waals surface area contributed by atoms with Crippen LogP contribution < -0.4 is 5.32 Å². The van der Waals surface area contributed by atoms with Gasteiger partial charge in [0.2, 0.25) is 11.7 Å². The maximum atomic E-state index is 5.94. The van der Waals surface area contributed by atoms with Crippen molar-refractivity contribution in [1.29, 1.82) is 0 Å². The van der Waals surface area contributed by atoms with Crippen molar-refractivity contribution in [3.8, 4) is 11.4 Å². The molecule has 0 bridgehead atoms. The molecule has 2 aliphatic heterocycles. The van der Waals surface area contributed by atoms with E-state index in [0.29, 0.717) is 35.7 Å². The Morgan fingerprint density at radius 2 is 2.03 bits per heavy atom. The van der Waals surface area contributed by atoms with Crippen LogP contribution in [0, 0.1) is 0 Å². The molecule has 9 heteroatoms. The largest absolute Gasteiger partial charge is 0.379 e. The number of ether oxygens (including phenoxy) is 1. The Morgan fingerprint density at radius 1 is 1.23 bits per heavy atom. The molecule has 0 aliphatic carbocycles. The number of hydrogen-bond acceptors (Lipinski definition) is 6. The molecule has 0 saturated carbocycles. The molecule has 1 aromatic heterocycles. The summed E-state index contributed by atoms with van der Waals surface area (Å²) < 4.78 is 10.9. The number of nitrogens with one attached hydrogen (secondary N) is 1. The smallest absolute Gasteiger partial charge is 0.228 e. The zero-order valence-corrected chi connectivity index (χ0v) is 18.1. The number of guanidine groups is 1. The van der Waals surface area contributed by atoms with Crippen molar-refractivity contribution in [2.24, 2.45) is 4.99 Å². The molecule has 0 radical (unpaired) electrons. The maximum Gasteiger partial charge on any atom is 0.228 e. The van der Waals surface area contributed by atoms with Crippen molar-refractivity contribution in [2.75, 3.05) is 52.5 Å². The van der Waals surface area contributed by atoms with Crippen molar-refractivity contribution in [1.82, 2.24) is 25.3 Å². The fourth-order valence-electron chi connectivity index (χ4n) is 3.93. The van der Waals surface area contributed by atoms with Crippen LogP contribution in [0.15, 0.2) is 33.8 Å². The number of aliphatic imine (C=N–C) groups is 1. The van der Waals surface area contributed by atoms with E-state index in [-0.39, 0.29) is 0 Å². The first-order valence-electron chi connectivity index (χ1n) is 10.7. The van der Waals surface area contributed by atoms with E-state index in [1.165, 1.54) is 6.42 Å². The predicted octanol–water partition coefficient (Wildman–Crippen LogP) is 2.30. The number of aromatic nitrogens is 2. The van der Waals surface area contributed by atoms with Gasteiger partial charge in [-0.2, -0.15) is 4.98 Å². The summed E-state index contributed by atoms with van der Waals surface area (Å²) >= 11 is 5.94. The lowest BCUT2D eigenvalue weighted by atomic mass is 10.2. The van der Waals surface area contributed by atoms with Gasteiger partial charge in [0.15, 0.2) is 5.96 Å². The van der Waals surface area contributed by atoms with Crippen LogP contribution in [0.3, 0.4) is 0 Å². The van der Waals surface area contributed by atoms with Gasteiger partial charge < -0.3 is 19.5 Å². The van der Waals surface area contributed by atoms with Crippen LogP contribution in [-0.4, -0.2) is 84.4 Å². The fraction of sp³-hybridized carbons (Fsp3) is 0.571. The zero-order valence-electron chi connectivity index (χ0n) is 17.4. The Balaban J connectivity index is 1.33. The van der Waals surface area contributed by atoms with Gasteiger partial charge in [-0.15, -0.1) is 0 Å². The molecule has 0 spiro atoms. The minimum atomic E-state index is 0.574. The Morgan fingerprint density at radius 3 is 2.80 bits per heavy atom. The SMILES string of the molecule is CCNC(=NCCc1nc(-c2ccc(Cl)cc2)no1)N1CCC(N2CCOCC2)C1. The van der Waals surface area contributed by atoms with Crippen molar-refractivity contribution >= 4 is 17.6 Å². The quantitative estimate of drug-likeness (QED) is 0.554. The predicted molar refractivity (Wildman–Crippen MR) is 117 cm³/mol. The standard InChI is InChI=1S/C21H29ClN6O2/c1-2-23-21(28-10-8-18(15-28)27-11-13-29-14-12-27)24-9-7-19-25-20(26-30-19)16-3-5-17(22)6-4-16/h3-6,18H,2,7-15H2,1H3,(H,23,24). The topological polar surface area (TPSA) is 79.0 Å². The van der Waals surface area contributed by atoms with Gasteiger partial charge in [-0.3, -0.25) is 9.89 Å². The van der Waals surface area contributed by atoms with Crippen LogP contribution in [0.5, 0.6) is 0 Å². The van der Waals surface area contributed by atoms with Gasteiger partial charge in [0.25, 0.3) is 0 Å². The Kier molecular flexibility index (Phi) is 7.20. The molecule has 2 fully saturated rings. The number of rotatable bonds is 6. The molecule has 0 amide bonds. The van der Waals surface area contributed by atoms with Gasteiger partial charge in [0, 0.05) is 55.8 Å². The molecule has 8 nitrogen and oxygen atoms in total. The normalized spacial score (nSPS) is 20.7. The van der Waals surface area contributed by atoms with E-state index >= 15 is 0 Å². The van der Waals surface area contributed by atoms with Gasteiger partial charge in [-0.1, -0.05) is 16.8 Å². The molecule has 2 saturated heterocycles. The van der Waals surface area contributed by atoms with Gasteiger partial charge in [-0.25, -0.2) is 0 Å². The van der Waals surface area contributed by atoms with Crippen molar-refractivity contribution in [3.63, 3.8) is 0 Å². The molecule has 3 heterocycles. The third-order valence-electron chi connectivity index (χ3n) is 5.52. The summed E-state index contributed by atoms with van der Waals surface area (Å²) in [5.74, 6) is 2.13.